The summed E-state index contributed by atoms with van der Waals surface area (Å²) in [5.41, 5.74) is 3.46. The number of benzene rings is 2. The van der Waals surface area contributed by atoms with Crippen LogP contribution >= 0.6 is 0 Å². The molecule has 6 nitrogen and oxygen atoms in total. The maximum absolute atomic E-state index is 14.4. The van der Waals surface area contributed by atoms with Crippen molar-refractivity contribution in [1.29, 1.82) is 0 Å². The second-order valence-electron chi connectivity index (χ2n) is 7.67. The Balaban J connectivity index is 1.57. The van der Waals surface area contributed by atoms with Crippen LogP contribution in [0.1, 0.15) is 30.6 Å². The fourth-order valence-corrected chi connectivity index (χ4v) is 3.90. The van der Waals surface area contributed by atoms with Gasteiger partial charge in [0.1, 0.15) is 28.9 Å². The maximum atomic E-state index is 14.4. The third kappa shape index (κ3) is 3.57. The first-order valence-electron chi connectivity index (χ1n) is 10.4. The highest BCUT2D eigenvalue weighted by Crippen LogP contribution is 2.26. The number of imidazole rings is 1. The summed E-state index contributed by atoms with van der Waals surface area (Å²) < 4.78 is 37.3. The van der Waals surface area contributed by atoms with E-state index < -0.39 is 11.6 Å². The molecule has 8 heteroatoms. The lowest BCUT2D eigenvalue weighted by atomic mass is 10.2. The van der Waals surface area contributed by atoms with Crippen molar-refractivity contribution >= 4 is 11.0 Å². The highest BCUT2D eigenvalue weighted by atomic mass is 19.1. The lowest BCUT2D eigenvalue weighted by Crippen LogP contribution is -2.09. The van der Waals surface area contributed by atoms with Gasteiger partial charge in [0.05, 0.1) is 22.9 Å². The van der Waals surface area contributed by atoms with Crippen molar-refractivity contribution < 1.29 is 13.2 Å². The maximum Gasteiger partial charge on any atom is 0.226 e. The Hall–Kier alpha value is -3.81. The quantitative estimate of drug-likeness (QED) is 0.357. The summed E-state index contributed by atoms with van der Waals surface area (Å²) in [6.07, 6.45) is 4.61. The molecule has 3 aromatic heterocycles. The van der Waals surface area contributed by atoms with Gasteiger partial charge in [0.25, 0.3) is 0 Å². The van der Waals surface area contributed by atoms with Crippen LogP contribution in [-0.4, -0.2) is 24.3 Å². The van der Waals surface area contributed by atoms with E-state index in [9.17, 15) is 8.78 Å². The van der Waals surface area contributed by atoms with E-state index in [2.05, 4.69) is 21.6 Å². The van der Waals surface area contributed by atoms with Crippen LogP contribution in [0, 0.1) is 18.6 Å². The van der Waals surface area contributed by atoms with Crippen LogP contribution in [0.4, 0.5) is 8.78 Å². The minimum atomic E-state index is -0.538. The number of rotatable bonds is 6. The van der Waals surface area contributed by atoms with Gasteiger partial charge in [-0.2, -0.15) is 5.10 Å². The molecule has 0 N–H and O–H groups in total. The van der Waals surface area contributed by atoms with Crippen LogP contribution in [0.15, 0.2) is 59.3 Å². The van der Waals surface area contributed by atoms with Crippen LogP contribution in [0.2, 0.25) is 0 Å². The smallest absolute Gasteiger partial charge is 0.226 e. The number of aryl methyl sites for hydroxylation is 2. The van der Waals surface area contributed by atoms with Gasteiger partial charge in [-0.15, -0.1) is 0 Å². The number of oxazole rings is 1. The van der Waals surface area contributed by atoms with Gasteiger partial charge >= 0.3 is 0 Å². The number of nitrogens with zero attached hydrogens (tertiary/aromatic N) is 5. The van der Waals surface area contributed by atoms with Crippen molar-refractivity contribution in [1.82, 2.24) is 24.3 Å². The van der Waals surface area contributed by atoms with E-state index in [-0.39, 0.29) is 5.69 Å². The molecule has 0 bridgehead atoms. The molecule has 3 heterocycles. The Bertz CT molecular complexity index is 1420. The molecule has 2 aromatic carbocycles. The molecule has 0 radical (unpaired) electrons. The average molecular weight is 433 g/mol. The van der Waals surface area contributed by atoms with Crippen molar-refractivity contribution in [2.24, 2.45) is 0 Å². The predicted octanol–water partition coefficient (Wildman–Crippen LogP) is 5.46. The number of aromatic nitrogens is 5. The largest absolute Gasteiger partial charge is 0.441 e. The normalized spacial score (nSPS) is 11.5. The van der Waals surface area contributed by atoms with E-state index in [1.807, 2.05) is 25.1 Å². The molecule has 0 aliphatic heterocycles. The average Bonchev–Trinajstić information content (AvgIpc) is 3.50. The molecule has 32 heavy (non-hydrogen) atoms. The summed E-state index contributed by atoms with van der Waals surface area (Å²) in [4.78, 5) is 9.16. The van der Waals surface area contributed by atoms with E-state index in [4.69, 9.17) is 9.40 Å². The third-order valence-electron chi connectivity index (χ3n) is 5.34. The van der Waals surface area contributed by atoms with Gasteiger partial charge in [-0.25, -0.2) is 23.4 Å². The minimum absolute atomic E-state index is 0.0738. The Morgan fingerprint density at radius 2 is 1.94 bits per heavy atom. The number of halogens is 2. The monoisotopic (exact) mass is 433 g/mol. The Labute approximate surface area is 183 Å². The second-order valence-corrected chi connectivity index (χ2v) is 7.67. The molecule has 0 saturated heterocycles. The fourth-order valence-electron chi connectivity index (χ4n) is 3.90. The van der Waals surface area contributed by atoms with Gasteiger partial charge in [0.2, 0.25) is 5.89 Å². The van der Waals surface area contributed by atoms with Crippen molar-refractivity contribution in [2.75, 3.05) is 0 Å². The van der Waals surface area contributed by atoms with Crippen molar-refractivity contribution in [2.45, 2.75) is 33.2 Å². The molecule has 0 saturated carbocycles. The summed E-state index contributed by atoms with van der Waals surface area (Å²) in [5.74, 6) is 1.06. The molecule has 162 valence electrons. The first-order chi connectivity index (χ1) is 15.5. The van der Waals surface area contributed by atoms with E-state index in [0.717, 1.165) is 59.3 Å². The highest BCUT2D eigenvalue weighted by Gasteiger charge is 2.17. The lowest BCUT2D eigenvalue weighted by Gasteiger charge is -2.11. The third-order valence-corrected chi connectivity index (χ3v) is 5.34. The zero-order chi connectivity index (χ0) is 22.2. The molecule has 0 fully saturated rings. The zero-order valence-electron chi connectivity index (χ0n) is 17.7. The first-order valence-corrected chi connectivity index (χ1v) is 10.4. The van der Waals surface area contributed by atoms with Gasteiger partial charge in [0.15, 0.2) is 0 Å². The van der Waals surface area contributed by atoms with E-state index in [1.165, 1.54) is 4.68 Å². The Kier molecular flexibility index (Phi) is 5.05. The van der Waals surface area contributed by atoms with Crippen LogP contribution in [0.25, 0.3) is 28.2 Å². The van der Waals surface area contributed by atoms with Gasteiger partial charge < -0.3 is 8.98 Å². The van der Waals surface area contributed by atoms with Crippen LogP contribution in [-0.2, 0) is 13.0 Å². The molecule has 5 aromatic rings. The minimum Gasteiger partial charge on any atom is -0.441 e. The van der Waals surface area contributed by atoms with Gasteiger partial charge in [-0.3, -0.25) is 0 Å². The number of fused-ring (bicyclic) bond motifs is 1. The summed E-state index contributed by atoms with van der Waals surface area (Å²) in [5, 5.41) is 4.22. The molecular weight excluding hydrogens is 412 g/mol. The van der Waals surface area contributed by atoms with E-state index in [1.54, 1.807) is 18.5 Å². The van der Waals surface area contributed by atoms with Crippen molar-refractivity contribution in [3.63, 3.8) is 0 Å². The molecule has 0 spiro atoms. The van der Waals surface area contributed by atoms with Crippen molar-refractivity contribution in [3.8, 4) is 17.1 Å². The van der Waals surface area contributed by atoms with Crippen LogP contribution in [0.5, 0.6) is 0 Å². The topological polar surface area (TPSA) is 61.7 Å². The summed E-state index contributed by atoms with van der Waals surface area (Å²) in [6.45, 7) is 4.74. The zero-order valence-corrected chi connectivity index (χ0v) is 17.7. The first kappa shape index (κ1) is 20.1. The SMILES string of the molecule is CCCn1c(Cc2ccnn2-c2cc(F)ccc2F)nc2cc(-c3ncc(C)o3)ccc21. The van der Waals surface area contributed by atoms with Crippen molar-refractivity contribution in [3.05, 3.63) is 83.8 Å². The summed E-state index contributed by atoms with van der Waals surface area (Å²) in [7, 11) is 0. The fraction of sp³-hybridized carbons (Fsp3) is 0.208. The van der Waals surface area contributed by atoms with Gasteiger partial charge in [-0.05, 0) is 49.7 Å². The summed E-state index contributed by atoms with van der Waals surface area (Å²) in [6, 6.07) is 11.1. The molecular formula is C24H21F2N5O. The lowest BCUT2D eigenvalue weighted by molar-refractivity contribution is 0.542. The van der Waals surface area contributed by atoms with Crippen LogP contribution in [0.3, 0.4) is 0 Å². The standard InChI is InChI=1S/C24H21F2N5O/c1-3-10-30-21-7-4-16(24-27-14-15(2)32-24)11-20(21)29-23(30)13-18-8-9-28-31(18)22-12-17(25)5-6-19(22)26/h4-9,11-12,14H,3,10,13H2,1-2H3. The van der Waals surface area contributed by atoms with E-state index >= 15 is 0 Å². The molecule has 5 rings (SSSR count). The molecule has 0 amide bonds. The molecule has 0 atom stereocenters. The molecule has 0 aliphatic rings. The molecule has 0 aliphatic carbocycles. The van der Waals surface area contributed by atoms with Gasteiger partial charge in [0, 0.05) is 30.8 Å². The second kappa shape index (κ2) is 8.03. The Morgan fingerprint density at radius 1 is 1.06 bits per heavy atom. The Morgan fingerprint density at radius 3 is 2.72 bits per heavy atom. The van der Waals surface area contributed by atoms with Gasteiger partial charge in [-0.1, -0.05) is 6.92 Å². The number of hydrogen-bond acceptors (Lipinski definition) is 4. The molecule has 0 unspecified atom stereocenters. The predicted molar refractivity (Wildman–Crippen MR) is 117 cm³/mol. The van der Waals surface area contributed by atoms with E-state index in [0.29, 0.717) is 18.0 Å². The highest BCUT2D eigenvalue weighted by molar-refractivity contribution is 5.81. The number of hydrogen-bond donors (Lipinski definition) is 0. The van der Waals surface area contributed by atoms with Crippen LogP contribution < -0.4 is 0 Å². The summed E-state index contributed by atoms with van der Waals surface area (Å²) >= 11 is 0.